The second kappa shape index (κ2) is 6.19. The van der Waals surface area contributed by atoms with E-state index in [9.17, 15) is 8.42 Å². The van der Waals surface area contributed by atoms with E-state index in [1.54, 1.807) is 24.3 Å². The fourth-order valence-electron chi connectivity index (χ4n) is 1.86. The van der Waals surface area contributed by atoms with Crippen molar-refractivity contribution in [1.82, 2.24) is 14.8 Å². The molecule has 112 valence electrons. The number of nitrogens with one attached hydrogen (secondary N) is 2. The van der Waals surface area contributed by atoms with Crippen molar-refractivity contribution in [1.29, 1.82) is 0 Å². The van der Waals surface area contributed by atoms with Crippen molar-refractivity contribution in [2.75, 3.05) is 5.43 Å². The summed E-state index contributed by atoms with van der Waals surface area (Å²) in [7, 11) is -3.65. The zero-order chi connectivity index (χ0) is 15.5. The summed E-state index contributed by atoms with van der Waals surface area (Å²) in [4.78, 5) is 10.7. The van der Waals surface area contributed by atoms with Crippen molar-refractivity contribution in [3.8, 4) is 0 Å². The third-order valence-electron chi connectivity index (χ3n) is 2.92. The normalized spacial score (nSPS) is 11.4. The molecule has 0 saturated heterocycles. The van der Waals surface area contributed by atoms with Gasteiger partial charge < -0.3 is 0 Å². The van der Waals surface area contributed by atoms with E-state index >= 15 is 0 Å². The van der Waals surface area contributed by atoms with Crippen LogP contribution in [0.2, 0.25) is 0 Å². The van der Waals surface area contributed by atoms with Crippen molar-refractivity contribution < 1.29 is 8.42 Å². The molecule has 0 radical (unpaired) electrons. The number of sulfonamides is 1. The molecule has 7 heteroatoms. The highest BCUT2D eigenvalue weighted by Gasteiger charge is 2.14. The Hall–Kier alpha value is -1.99. The Balaban J connectivity index is 2.13. The van der Waals surface area contributed by atoms with E-state index in [1.807, 2.05) is 26.8 Å². The molecule has 0 unspecified atom stereocenters. The lowest BCUT2D eigenvalue weighted by Crippen LogP contribution is -2.30. The number of anilines is 1. The van der Waals surface area contributed by atoms with Gasteiger partial charge in [-0.15, -0.1) is 4.83 Å². The minimum absolute atomic E-state index is 0.191. The lowest BCUT2D eigenvalue weighted by Gasteiger charge is -2.09. The SMILES string of the molecule is CCc1ccc(S(=O)(=O)NNc2nc(C)cc(C)n2)cc1. The largest absolute Gasteiger partial charge is 0.276 e. The first-order chi connectivity index (χ1) is 9.90. The molecule has 0 aliphatic carbocycles. The number of hydrazine groups is 1. The summed E-state index contributed by atoms with van der Waals surface area (Å²) in [6.07, 6.45) is 0.864. The quantitative estimate of drug-likeness (QED) is 0.825. The smallest absolute Gasteiger partial charge is 0.257 e. The van der Waals surface area contributed by atoms with Gasteiger partial charge in [-0.05, 0) is 44.0 Å². The second-order valence-electron chi connectivity index (χ2n) is 4.70. The molecular formula is C14H18N4O2S. The molecule has 0 bridgehead atoms. The highest BCUT2D eigenvalue weighted by molar-refractivity contribution is 7.89. The zero-order valence-corrected chi connectivity index (χ0v) is 13.0. The third kappa shape index (κ3) is 3.99. The van der Waals surface area contributed by atoms with Gasteiger partial charge in [-0.25, -0.2) is 18.4 Å². The molecule has 0 amide bonds. The lowest BCUT2D eigenvalue weighted by molar-refractivity contribution is 0.587. The molecule has 2 aromatic rings. The molecule has 21 heavy (non-hydrogen) atoms. The molecule has 0 aliphatic heterocycles. The van der Waals surface area contributed by atoms with Crippen molar-refractivity contribution in [3.63, 3.8) is 0 Å². The highest BCUT2D eigenvalue weighted by atomic mass is 32.2. The van der Waals surface area contributed by atoms with Crippen LogP contribution in [0.5, 0.6) is 0 Å². The summed E-state index contributed by atoms with van der Waals surface area (Å²) in [5.74, 6) is 0.223. The summed E-state index contributed by atoms with van der Waals surface area (Å²) in [5.41, 5.74) is 5.14. The summed E-state index contributed by atoms with van der Waals surface area (Å²) in [5, 5.41) is 0. The first kappa shape index (κ1) is 15.4. The summed E-state index contributed by atoms with van der Waals surface area (Å²) >= 11 is 0. The maximum atomic E-state index is 12.1. The van der Waals surface area contributed by atoms with Crippen molar-refractivity contribution in [2.45, 2.75) is 32.1 Å². The van der Waals surface area contributed by atoms with Gasteiger partial charge >= 0.3 is 0 Å². The van der Waals surface area contributed by atoms with Gasteiger partial charge in [-0.1, -0.05) is 19.1 Å². The van der Waals surface area contributed by atoms with Crippen LogP contribution in [0.4, 0.5) is 5.95 Å². The number of hydrogen-bond donors (Lipinski definition) is 2. The molecule has 0 saturated carbocycles. The standard InChI is InChI=1S/C14H18N4O2S/c1-4-12-5-7-13(8-6-12)21(19,20)18-17-14-15-10(2)9-11(3)16-14/h5-9,18H,4H2,1-3H3,(H,15,16,17). The molecule has 6 nitrogen and oxygen atoms in total. The Bertz CT molecular complexity index is 707. The van der Waals surface area contributed by atoms with Gasteiger partial charge in [0.25, 0.3) is 10.0 Å². The lowest BCUT2D eigenvalue weighted by atomic mass is 10.2. The molecule has 0 aliphatic rings. The molecule has 1 aromatic carbocycles. The second-order valence-corrected chi connectivity index (χ2v) is 6.38. The first-order valence-electron chi connectivity index (χ1n) is 6.60. The van der Waals surface area contributed by atoms with E-state index in [0.29, 0.717) is 0 Å². The predicted octanol–water partition coefficient (Wildman–Crippen LogP) is 1.96. The number of hydrogen-bond acceptors (Lipinski definition) is 5. The summed E-state index contributed by atoms with van der Waals surface area (Å²) < 4.78 is 24.3. The number of aryl methyl sites for hydroxylation is 3. The van der Waals surface area contributed by atoms with Gasteiger partial charge in [0.15, 0.2) is 0 Å². The molecular weight excluding hydrogens is 288 g/mol. The molecule has 2 rings (SSSR count). The Morgan fingerprint density at radius 1 is 1.05 bits per heavy atom. The van der Waals surface area contributed by atoms with E-state index < -0.39 is 10.0 Å². The van der Waals surface area contributed by atoms with Crippen LogP contribution in [0.15, 0.2) is 35.2 Å². The van der Waals surface area contributed by atoms with Crippen LogP contribution < -0.4 is 10.3 Å². The molecule has 0 fully saturated rings. The van der Waals surface area contributed by atoms with Crippen LogP contribution in [0.1, 0.15) is 23.9 Å². The monoisotopic (exact) mass is 306 g/mol. The fourth-order valence-corrected chi connectivity index (χ4v) is 2.70. The third-order valence-corrected chi connectivity index (χ3v) is 4.18. The van der Waals surface area contributed by atoms with E-state index in [0.717, 1.165) is 23.4 Å². The van der Waals surface area contributed by atoms with E-state index in [-0.39, 0.29) is 10.8 Å². The summed E-state index contributed by atoms with van der Waals surface area (Å²) in [6, 6.07) is 8.54. The molecule has 0 spiro atoms. The van der Waals surface area contributed by atoms with Gasteiger partial charge in [-0.3, -0.25) is 5.43 Å². The maximum absolute atomic E-state index is 12.1. The van der Waals surface area contributed by atoms with Crippen LogP contribution in [-0.4, -0.2) is 18.4 Å². The van der Waals surface area contributed by atoms with Gasteiger partial charge in [-0.2, -0.15) is 0 Å². The Labute approximate surface area is 124 Å². The Kier molecular flexibility index (Phi) is 4.54. The number of aromatic nitrogens is 2. The van der Waals surface area contributed by atoms with Crippen LogP contribution in [0.25, 0.3) is 0 Å². The van der Waals surface area contributed by atoms with Gasteiger partial charge in [0.2, 0.25) is 5.95 Å². The fraction of sp³-hybridized carbons (Fsp3) is 0.286. The van der Waals surface area contributed by atoms with Crippen LogP contribution in [-0.2, 0) is 16.4 Å². The van der Waals surface area contributed by atoms with Gasteiger partial charge in [0.1, 0.15) is 0 Å². The van der Waals surface area contributed by atoms with Crippen LogP contribution in [0, 0.1) is 13.8 Å². The van der Waals surface area contributed by atoms with Crippen LogP contribution >= 0.6 is 0 Å². The highest BCUT2D eigenvalue weighted by Crippen LogP contribution is 2.11. The number of rotatable bonds is 5. The molecule has 1 aromatic heterocycles. The average Bonchev–Trinajstić information content (AvgIpc) is 2.44. The van der Waals surface area contributed by atoms with E-state index in [1.165, 1.54) is 0 Å². The predicted molar refractivity (Wildman–Crippen MR) is 81.3 cm³/mol. The minimum Gasteiger partial charge on any atom is -0.276 e. The van der Waals surface area contributed by atoms with Crippen LogP contribution in [0.3, 0.4) is 0 Å². The van der Waals surface area contributed by atoms with Crippen molar-refractivity contribution >= 4 is 16.0 Å². The number of benzene rings is 1. The Morgan fingerprint density at radius 2 is 1.62 bits per heavy atom. The Morgan fingerprint density at radius 3 is 2.14 bits per heavy atom. The zero-order valence-electron chi connectivity index (χ0n) is 12.2. The minimum atomic E-state index is -3.65. The molecule has 2 N–H and O–H groups in total. The van der Waals surface area contributed by atoms with Gasteiger partial charge in [0.05, 0.1) is 4.90 Å². The van der Waals surface area contributed by atoms with E-state index in [2.05, 4.69) is 20.2 Å². The molecule has 0 atom stereocenters. The van der Waals surface area contributed by atoms with Gasteiger partial charge in [0, 0.05) is 11.4 Å². The average molecular weight is 306 g/mol. The van der Waals surface area contributed by atoms with Crippen molar-refractivity contribution in [2.24, 2.45) is 0 Å². The topological polar surface area (TPSA) is 84.0 Å². The maximum Gasteiger partial charge on any atom is 0.257 e. The first-order valence-corrected chi connectivity index (χ1v) is 8.08. The van der Waals surface area contributed by atoms with E-state index in [4.69, 9.17) is 0 Å². The summed E-state index contributed by atoms with van der Waals surface area (Å²) in [6.45, 7) is 5.65. The number of nitrogens with zero attached hydrogens (tertiary/aromatic N) is 2. The van der Waals surface area contributed by atoms with Crippen molar-refractivity contribution in [3.05, 3.63) is 47.3 Å². The molecule has 1 heterocycles.